The van der Waals surface area contributed by atoms with Crippen molar-refractivity contribution < 1.29 is 25.9 Å². The van der Waals surface area contributed by atoms with Crippen molar-refractivity contribution in [3.05, 3.63) is 162 Å². The molecule has 0 amide bonds. The van der Waals surface area contributed by atoms with Gasteiger partial charge >= 0.3 is 120 Å². The summed E-state index contributed by atoms with van der Waals surface area (Å²) in [4.78, 5) is 14.5. The van der Waals surface area contributed by atoms with E-state index in [1.54, 1.807) is 0 Å². The number of fused-ring (bicyclic) bond motifs is 4. The van der Waals surface area contributed by atoms with Crippen molar-refractivity contribution in [3.63, 3.8) is 0 Å². The molecule has 0 spiro atoms. The zero-order chi connectivity index (χ0) is 43.2. The summed E-state index contributed by atoms with van der Waals surface area (Å²) in [6.45, 7) is 15.0. The molecule has 9 aromatic rings. The van der Waals surface area contributed by atoms with Gasteiger partial charge in [-0.3, -0.25) is 4.98 Å². The molecule has 7 heteroatoms. The van der Waals surface area contributed by atoms with Gasteiger partial charge < -0.3 is 8.98 Å². The van der Waals surface area contributed by atoms with Crippen molar-refractivity contribution in [1.29, 1.82) is 0 Å². The van der Waals surface area contributed by atoms with Crippen molar-refractivity contribution in [2.45, 2.75) is 83.5 Å². The summed E-state index contributed by atoms with van der Waals surface area (Å²) in [5.41, 5.74) is 14.4. The minimum Gasteiger partial charge on any atom is 0 e. The van der Waals surface area contributed by atoms with Gasteiger partial charge in [0.2, 0.25) is 5.71 Å². The zero-order valence-electron chi connectivity index (χ0n) is 37.8. The van der Waals surface area contributed by atoms with E-state index >= 15 is 0 Å². The van der Waals surface area contributed by atoms with Crippen LogP contribution in [0, 0.1) is 19.1 Å². The molecule has 0 aliphatic rings. The minimum absolute atomic E-state index is 0. The second-order valence-corrected chi connectivity index (χ2v) is 28.2. The Morgan fingerprint density at radius 3 is 2.03 bits per heavy atom. The number of benzene rings is 5. The molecule has 0 aliphatic carbocycles. The normalized spacial score (nSPS) is 12.2. The smallest absolute Gasteiger partial charge is 0 e. The van der Waals surface area contributed by atoms with Crippen molar-refractivity contribution >= 4 is 50.8 Å². The fourth-order valence-electron chi connectivity index (χ4n) is 8.08. The van der Waals surface area contributed by atoms with Crippen LogP contribution in [0.15, 0.2) is 132 Å². The first-order valence-corrected chi connectivity index (χ1v) is 28.3. The number of hydrogen-bond acceptors (Lipinski definition) is 4. The number of hydrogen-bond donors (Lipinski definition) is 0. The maximum Gasteiger partial charge on any atom is 0 e. The van der Waals surface area contributed by atoms with Crippen LogP contribution >= 0.6 is 0 Å². The van der Waals surface area contributed by atoms with Crippen LogP contribution < -0.4 is 4.40 Å². The molecule has 311 valence electrons. The molecule has 0 aliphatic heterocycles. The third-order valence-electron chi connectivity index (χ3n) is 11.2. The molecule has 61 heavy (non-hydrogen) atoms. The molecule has 0 fully saturated rings. The minimum atomic E-state index is -2.03. The van der Waals surface area contributed by atoms with E-state index in [0.717, 1.165) is 61.3 Å². The van der Waals surface area contributed by atoms with Crippen molar-refractivity contribution in [3.8, 4) is 39.5 Å². The van der Waals surface area contributed by atoms with Gasteiger partial charge in [-0.2, -0.15) is 0 Å². The van der Waals surface area contributed by atoms with Crippen LogP contribution in [0.5, 0.6) is 0 Å². The number of imidazole rings is 1. The third-order valence-corrected chi connectivity index (χ3v) is 15.4. The van der Waals surface area contributed by atoms with Gasteiger partial charge in [0.1, 0.15) is 0 Å². The first kappa shape index (κ1) is 42.5. The Bertz CT molecular complexity index is 2980. The maximum atomic E-state index is 8.44. The van der Waals surface area contributed by atoms with Gasteiger partial charge in [-0.25, -0.2) is 4.98 Å². The monoisotopic (exact) mass is 1040 g/mol. The molecule has 4 aromatic heterocycles. The third kappa shape index (κ3) is 8.82. The first-order chi connectivity index (χ1) is 29.1. The zero-order valence-corrected chi connectivity index (χ0v) is 41.3. The van der Waals surface area contributed by atoms with E-state index in [0.29, 0.717) is 17.5 Å². The van der Waals surface area contributed by atoms with Crippen molar-refractivity contribution in [1.82, 2.24) is 19.5 Å². The molecule has 1 radical (unpaired) electrons. The van der Waals surface area contributed by atoms with Crippen molar-refractivity contribution in [2.75, 3.05) is 0 Å². The Kier molecular flexibility index (Phi) is 12.6. The molecule has 0 unspecified atom stereocenters. The van der Waals surface area contributed by atoms with Crippen LogP contribution in [-0.2, 0) is 20.1 Å². The van der Waals surface area contributed by atoms with Crippen LogP contribution in [0.4, 0.5) is 0 Å². The van der Waals surface area contributed by atoms with Crippen molar-refractivity contribution in [2.24, 2.45) is 0 Å². The van der Waals surface area contributed by atoms with Crippen LogP contribution in [-0.4, -0.2) is 32.8 Å². The van der Waals surface area contributed by atoms with Gasteiger partial charge in [0.25, 0.3) is 0 Å². The van der Waals surface area contributed by atoms with Gasteiger partial charge in [0, 0.05) is 36.9 Å². The van der Waals surface area contributed by atoms with E-state index in [2.05, 4.69) is 150 Å². The molecule has 0 saturated heterocycles. The van der Waals surface area contributed by atoms with Gasteiger partial charge in [-0.1, -0.05) is 81.1 Å². The number of para-hydroxylation sites is 2. The molecule has 0 saturated carbocycles. The van der Waals surface area contributed by atoms with Crippen LogP contribution in [0.3, 0.4) is 0 Å². The number of furan rings is 1. The SMILES string of the molecule is Cc1ccc2c(n1)oc1c(-c3nc4ccccc4n3-c3c(C(C)C)cc(-c4ccccc4)cc3C(C)C)[c-]ccc12.[2H]C(C)(C)c1cc(-c2[c-]cccc2)nc[c]1[Ge]([CH3])([CH3])[CH3].[Ir]. The Balaban J connectivity index is 0.000000233. The molecule has 0 atom stereocenters. The molecule has 0 N–H and O–H groups in total. The largest absolute Gasteiger partial charge is 0 e. The van der Waals surface area contributed by atoms with Crippen LogP contribution in [0.1, 0.15) is 83.0 Å². The summed E-state index contributed by atoms with van der Waals surface area (Å²) in [5.74, 6) is 7.85. The topological polar surface area (TPSA) is 56.7 Å². The summed E-state index contributed by atoms with van der Waals surface area (Å²) in [5, 5.41) is 2.02. The Morgan fingerprint density at radius 2 is 1.38 bits per heavy atom. The summed E-state index contributed by atoms with van der Waals surface area (Å²) >= 11 is -2.03. The summed E-state index contributed by atoms with van der Waals surface area (Å²) in [6.07, 6.45) is 2.00. The Morgan fingerprint density at radius 1 is 0.689 bits per heavy atom. The second kappa shape index (κ2) is 18.1. The number of rotatable bonds is 8. The average molecular weight is 1040 g/mol. The molecular weight excluding hydrogens is 985 g/mol. The van der Waals surface area contributed by atoms with E-state index in [9.17, 15) is 0 Å². The first-order valence-electron chi connectivity index (χ1n) is 21.5. The van der Waals surface area contributed by atoms with E-state index in [1.165, 1.54) is 32.3 Å². The molecule has 5 nitrogen and oxygen atoms in total. The van der Waals surface area contributed by atoms with E-state index in [-0.39, 0.29) is 20.1 Å². The Labute approximate surface area is 378 Å². The van der Waals surface area contributed by atoms with E-state index in [4.69, 9.17) is 10.8 Å². The molecule has 0 bridgehead atoms. The van der Waals surface area contributed by atoms with Gasteiger partial charge in [0.15, 0.2) is 0 Å². The molecular formula is C54H54GeIrN4O-2. The number of nitrogens with zero attached hydrogens (tertiary/aromatic N) is 4. The Hall–Kier alpha value is -5.14. The number of aryl methyl sites for hydroxylation is 1. The quantitative estimate of drug-likeness (QED) is 0.112. The van der Waals surface area contributed by atoms with Crippen LogP contribution in [0.2, 0.25) is 17.3 Å². The second-order valence-electron chi connectivity index (χ2n) is 17.6. The average Bonchev–Trinajstić information content (AvgIpc) is 3.81. The van der Waals surface area contributed by atoms with Gasteiger partial charge in [-0.05, 0) is 77.4 Å². The molecule has 9 rings (SSSR count). The maximum absolute atomic E-state index is 8.44. The number of aromatic nitrogens is 4. The predicted molar refractivity (Wildman–Crippen MR) is 254 cm³/mol. The summed E-state index contributed by atoms with van der Waals surface area (Å²) in [6, 6.07) is 48.6. The summed E-state index contributed by atoms with van der Waals surface area (Å²) in [7, 11) is 0. The standard InChI is InChI=1S/C37H32N3O.C17H22GeN.Ir/c1-22(2)30-20-26(25-12-7-6-8-13-25)21-31(23(3)4)34(30)40-33-17-10-9-16-32(33)39-36(40)29-15-11-14-27-28-19-18-24(5)38-37(28)41-35(27)29;1-13(2)15-11-17(14-9-7-6-8-10-14)19-12-16(15)18(3,4)5;/h6-14,16-23H,1-5H3;6-9,11-13H,1-5H3;/q2*-1;/i;13D;. The van der Waals surface area contributed by atoms with Gasteiger partial charge in [-0.15, -0.1) is 18.2 Å². The van der Waals surface area contributed by atoms with Gasteiger partial charge in [0.05, 0.1) is 22.4 Å². The summed E-state index contributed by atoms with van der Waals surface area (Å²) < 4.78 is 18.6. The van der Waals surface area contributed by atoms with E-state index < -0.39 is 19.2 Å². The predicted octanol–water partition coefficient (Wildman–Crippen LogP) is 14.2. The molecule has 5 aromatic carbocycles. The number of pyridine rings is 2. The van der Waals surface area contributed by atoms with Crippen LogP contribution in [0.25, 0.3) is 72.6 Å². The fraction of sp³-hybridized carbons (Fsp3) is 0.241. The fourth-order valence-corrected chi connectivity index (χ4v) is 11.4. The van der Waals surface area contributed by atoms with E-state index in [1.807, 2.05) is 69.4 Å². The molecule has 4 heterocycles.